The molecule has 0 unspecified atom stereocenters. The molecule has 1 aromatic rings. The van der Waals surface area contributed by atoms with Crippen LogP contribution in [0, 0.1) is 20.8 Å². The first kappa shape index (κ1) is 13.6. The van der Waals surface area contributed by atoms with Crippen LogP contribution in [0.4, 0.5) is 0 Å². The summed E-state index contributed by atoms with van der Waals surface area (Å²) in [5.74, 6) is 0. The predicted molar refractivity (Wildman–Crippen MR) is 74.2 cm³/mol. The van der Waals surface area contributed by atoms with Gasteiger partial charge in [0.25, 0.3) is 0 Å². The van der Waals surface area contributed by atoms with E-state index in [0.29, 0.717) is 0 Å². The maximum absolute atomic E-state index is 6.06. The minimum atomic E-state index is -0.318. The van der Waals surface area contributed by atoms with Crippen molar-refractivity contribution in [1.29, 1.82) is 0 Å². The quantitative estimate of drug-likeness (QED) is 0.713. The van der Waals surface area contributed by atoms with Crippen molar-refractivity contribution >= 4 is 12.6 Å². The predicted octanol–water partition coefficient (Wildman–Crippen LogP) is 2.31. The van der Waals surface area contributed by atoms with Gasteiger partial charge < -0.3 is 9.31 Å². The van der Waals surface area contributed by atoms with Gasteiger partial charge >= 0.3 is 7.12 Å². The maximum Gasteiger partial charge on any atom is 0.496 e. The molecule has 4 heteroatoms. The topological polar surface area (TPSA) is 31.4 Å². The third-order valence-electron chi connectivity index (χ3n) is 4.20. The van der Waals surface area contributed by atoms with Crippen LogP contribution in [-0.2, 0) is 9.31 Å². The number of aryl methyl sites for hydroxylation is 3. The van der Waals surface area contributed by atoms with Crippen LogP contribution in [0.5, 0.6) is 0 Å². The summed E-state index contributed by atoms with van der Waals surface area (Å²) in [4.78, 5) is 4.55. The van der Waals surface area contributed by atoms with Crippen molar-refractivity contribution in [2.75, 3.05) is 0 Å². The molecular weight excluding hydrogens is 225 g/mol. The molecule has 2 rings (SSSR count). The third-order valence-corrected chi connectivity index (χ3v) is 4.20. The van der Waals surface area contributed by atoms with Gasteiger partial charge in [-0.05, 0) is 54.0 Å². The van der Waals surface area contributed by atoms with Crippen LogP contribution in [0.2, 0.25) is 0 Å². The molecule has 0 spiro atoms. The molecular formula is C14H22BNO2. The van der Waals surface area contributed by atoms with Crippen molar-refractivity contribution in [3.05, 3.63) is 23.0 Å². The van der Waals surface area contributed by atoms with E-state index in [1.54, 1.807) is 0 Å². The van der Waals surface area contributed by atoms with Gasteiger partial charge in [-0.3, -0.25) is 4.98 Å². The Morgan fingerprint density at radius 3 is 1.94 bits per heavy atom. The van der Waals surface area contributed by atoms with Gasteiger partial charge in [0.1, 0.15) is 0 Å². The minimum absolute atomic E-state index is 0.303. The average molecular weight is 247 g/mol. The first-order valence-corrected chi connectivity index (χ1v) is 6.44. The molecule has 0 bridgehead atoms. The largest absolute Gasteiger partial charge is 0.496 e. The van der Waals surface area contributed by atoms with Gasteiger partial charge in [-0.25, -0.2) is 0 Å². The van der Waals surface area contributed by atoms with Crippen molar-refractivity contribution in [3.63, 3.8) is 0 Å². The van der Waals surface area contributed by atoms with Crippen LogP contribution >= 0.6 is 0 Å². The molecule has 0 atom stereocenters. The maximum atomic E-state index is 6.06. The van der Waals surface area contributed by atoms with Gasteiger partial charge in [0.05, 0.1) is 11.2 Å². The second-order valence-electron chi connectivity index (χ2n) is 6.15. The fraction of sp³-hybridized carbons (Fsp3) is 0.643. The standard InChI is InChI=1S/C14H22BNO2/c1-9-8-12(11(3)16-10(9)2)15-17-13(4,5)14(6,7)18-15/h8H,1-7H3. The third kappa shape index (κ3) is 2.08. The van der Waals surface area contributed by atoms with Crippen molar-refractivity contribution in [1.82, 2.24) is 4.98 Å². The molecule has 0 saturated carbocycles. The monoisotopic (exact) mass is 247 g/mol. The van der Waals surface area contributed by atoms with Gasteiger partial charge in [-0.1, -0.05) is 6.07 Å². The Morgan fingerprint density at radius 1 is 0.944 bits per heavy atom. The van der Waals surface area contributed by atoms with E-state index in [9.17, 15) is 0 Å². The number of aromatic nitrogens is 1. The van der Waals surface area contributed by atoms with Crippen LogP contribution in [0.25, 0.3) is 0 Å². The van der Waals surface area contributed by atoms with Crippen molar-refractivity contribution < 1.29 is 9.31 Å². The highest BCUT2D eigenvalue weighted by Gasteiger charge is 2.52. The molecule has 0 amide bonds. The summed E-state index contributed by atoms with van der Waals surface area (Å²) >= 11 is 0. The van der Waals surface area contributed by atoms with E-state index in [0.717, 1.165) is 16.9 Å². The Bertz CT molecular complexity index is 467. The summed E-state index contributed by atoms with van der Waals surface area (Å²) in [6.45, 7) is 14.4. The molecule has 2 heterocycles. The Labute approximate surface area is 110 Å². The second kappa shape index (κ2) is 4.07. The van der Waals surface area contributed by atoms with E-state index < -0.39 is 0 Å². The molecule has 3 nitrogen and oxygen atoms in total. The SMILES string of the molecule is Cc1cc(B2OC(C)(C)C(C)(C)O2)c(C)nc1C. The molecule has 0 aliphatic carbocycles. The molecule has 1 fully saturated rings. The van der Waals surface area contributed by atoms with Gasteiger partial charge in [-0.15, -0.1) is 0 Å². The molecule has 1 aliphatic rings. The highest BCUT2D eigenvalue weighted by Crippen LogP contribution is 2.36. The van der Waals surface area contributed by atoms with Crippen molar-refractivity contribution in [3.8, 4) is 0 Å². The Hall–Kier alpha value is -0.865. The lowest BCUT2D eigenvalue weighted by molar-refractivity contribution is 0.00578. The van der Waals surface area contributed by atoms with Crippen LogP contribution in [0.3, 0.4) is 0 Å². The summed E-state index contributed by atoms with van der Waals surface area (Å²) in [6, 6.07) is 2.12. The summed E-state index contributed by atoms with van der Waals surface area (Å²) in [7, 11) is -0.318. The Morgan fingerprint density at radius 2 is 1.44 bits per heavy atom. The lowest BCUT2D eigenvalue weighted by atomic mass is 9.77. The van der Waals surface area contributed by atoms with Gasteiger partial charge in [0, 0.05) is 16.9 Å². The van der Waals surface area contributed by atoms with Crippen LogP contribution in [0.1, 0.15) is 44.6 Å². The van der Waals surface area contributed by atoms with E-state index in [1.165, 1.54) is 5.56 Å². The van der Waals surface area contributed by atoms with Gasteiger partial charge in [0.2, 0.25) is 0 Å². The molecule has 18 heavy (non-hydrogen) atoms. The molecule has 1 aromatic heterocycles. The lowest BCUT2D eigenvalue weighted by Gasteiger charge is -2.32. The molecule has 0 aromatic carbocycles. The zero-order valence-corrected chi connectivity index (χ0v) is 12.4. The fourth-order valence-corrected chi connectivity index (χ4v) is 2.06. The normalized spacial score (nSPS) is 21.4. The van der Waals surface area contributed by atoms with Crippen molar-refractivity contribution in [2.24, 2.45) is 0 Å². The van der Waals surface area contributed by atoms with Crippen LogP contribution in [0.15, 0.2) is 6.07 Å². The highest BCUT2D eigenvalue weighted by molar-refractivity contribution is 6.62. The zero-order chi connectivity index (χ0) is 13.7. The number of hydrogen-bond acceptors (Lipinski definition) is 3. The second-order valence-corrected chi connectivity index (χ2v) is 6.15. The van der Waals surface area contributed by atoms with Gasteiger partial charge in [-0.2, -0.15) is 0 Å². The highest BCUT2D eigenvalue weighted by atomic mass is 16.7. The van der Waals surface area contributed by atoms with Crippen LogP contribution < -0.4 is 5.46 Å². The fourth-order valence-electron chi connectivity index (χ4n) is 2.06. The number of nitrogens with zero attached hydrogens (tertiary/aromatic N) is 1. The first-order valence-electron chi connectivity index (χ1n) is 6.44. The average Bonchev–Trinajstić information content (AvgIpc) is 2.42. The minimum Gasteiger partial charge on any atom is -0.399 e. The summed E-state index contributed by atoms with van der Waals surface area (Å²) in [5, 5.41) is 0. The van der Waals surface area contributed by atoms with E-state index >= 15 is 0 Å². The summed E-state index contributed by atoms with van der Waals surface area (Å²) in [6.07, 6.45) is 0. The van der Waals surface area contributed by atoms with E-state index in [-0.39, 0.29) is 18.3 Å². The number of hydrogen-bond donors (Lipinski definition) is 0. The Kier molecular flexibility index (Phi) is 3.07. The molecule has 1 aliphatic heterocycles. The van der Waals surface area contributed by atoms with E-state index in [4.69, 9.17) is 9.31 Å². The number of pyridine rings is 1. The first-order chi connectivity index (χ1) is 8.14. The van der Waals surface area contributed by atoms with Crippen LogP contribution in [-0.4, -0.2) is 23.3 Å². The lowest BCUT2D eigenvalue weighted by Crippen LogP contribution is -2.41. The van der Waals surface area contributed by atoms with Crippen molar-refractivity contribution in [2.45, 2.75) is 59.7 Å². The molecule has 1 saturated heterocycles. The summed E-state index contributed by atoms with van der Waals surface area (Å²) in [5.41, 5.74) is 3.65. The van der Waals surface area contributed by atoms with Gasteiger partial charge in [0.15, 0.2) is 0 Å². The molecule has 0 N–H and O–H groups in total. The van der Waals surface area contributed by atoms with E-state index in [2.05, 4.69) is 45.7 Å². The Balaban J connectivity index is 2.38. The molecule has 0 radical (unpaired) electrons. The smallest absolute Gasteiger partial charge is 0.399 e. The van der Waals surface area contributed by atoms with E-state index in [1.807, 2.05) is 13.8 Å². The summed E-state index contributed by atoms with van der Waals surface area (Å²) < 4.78 is 12.1. The molecule has 98 valence electrons. The number of rotatable bonds is 1. The zero-order valence-electron chi connectivity index (χ0n) is 12.4.